The number of carbonyl (C=O) groups is 1. The molecule has 1 aliphatic heterocycles. The normalized spacial score (nSPS) is 22.0. The lowest BCUT2D eigenvalue weighted by atomic mass is 9.74. The molecular formula is C16H23FN2O2. The van der Waals surface area contributed by atoms with E-state index in [1.54, 1.807) is 19.9 Å². The highest BCUT2D eigenvalue weighted by atomic mass is 19.1. The molecule has 0 radical (unpaired) electrons. The summed E-state index contributed by atoms with van der Waals surface area (Å²) in [6.45, 7) is 7.29. The Bertz CT molecular complexity index is 502. The van der Waals surface area contributed by atoms with Crippen LogP contribution in [0, 0.1) is 17.2 Å². The van der Waals surface area contributed by atoms with E-state index in [4.69, 9.17) is 0 Å². The fourth-order valence-corrected chi connectivity index (χ4v) is 2.94. The third-order valence-corrected chi connectivity index (χ3v) is 4.75. The van der Waals surface area contributed by atoms with Gasteiger partial charge in [0.15, 0.2) is 0 Å². The number of likely N-dealkylation sites (tertiary alicyclic amines) is 1. The van der Waals surface area contributed by atoms with E-state index < -0.39 is 11.4 Å². The van der Waals surface area contributed by atoms with Crippen LogP contribution in [0.25, 0.3) is 0 Å². The van der Waals surface area contributed by atoms with E-state index >= 15 is 0 Å². The largest absolute Gasteiger partial charge is 0.481 e. The zero-order valence-corrected chi connectivity index (χ0v) is 12.8. The molecule has 2 heterocycles. The second kappa shape index (κ2) is 6.10. The molecule has 1 aliphatic rings. The number of hydrogen-bond donors (Lipinski definition) is 1. The summed E-state index contributed by atoms with van der Waals surface area (Å²) in [6.07, 6.45) is 3.14. The number of aliphatic carboxylic acids is 1. The Hall–Kier alpha value is -1.49. The number of carboxylic acid groups (broad SMARTS) is 1. The maximum Gasteiger partial charge on any atom is 0.309 e. The molecule has 0 saturated carbocycles. The first-order valence-corrected chi connectivity index (χ1v) is 7.41. The van der Waals surface area contributed by atoms with Gasteiger partial charge in [0, 0.05) is 12.6 Å². The molecule has 0 aliphatic carbocycles. The van der Waals surface area contributed by atoms with E-state index in [2.05, 4.69) is 9.88 Å². The van der Waals surface area contributed by atoms with Gasteiger partial charge in [-0.3, -0.25) is 14.7 Å². The van der Waals surface area contributed by atoms with E-state index in [0.29, 0.717) is 0 Å². The van der Waals surface area contributed by atoms with Gasteiger partial charge >= 0.3 is 5.97 Å². The molecule has 1 N–H and O–H groups in total. The SMILES string of the molecule is CC(c1ccc(F)cn1)N1CCCC(C(C)(C)C(=O)O)C1. The monoisotopic (exact) mass is 294 g/mol. The molecule has 0 amide bonds. The Morgan fingerprint density at radius 2 is 2.24 bits per heavy atom. The molecule has 5 heteroatoms. The lowest BCUT2D eigenvalue weighted by molar-refractivity contribution is -0.151. The summed E-state index contributed by atoms with van der Waals surface area (Å²) in [5.74, 6) is -0.969. The second-order valence-electron chi connectivity index (χ2n) is 6.44. The number of rotatable bonds is 4. The maximum absolute atomic E-state index is 13.0. The first kappa shape index (κ1) is 15.9. The zero-order chi connectivity index (χ0) is 15.6. The number of halogens is 1. The minimum atomic E-state index is -0.748. The van der Waals surface area contributed by atoms with Crippen molar-refractivity contribution < 1.29 is 14.3 Å². The van der Waals surface area contributed by atoms with E-state index in [1.165, 1.54) is 12.3 Å². The highest BCUT2D eigenvalue weighted by Crippen LogP contribution is 2.36. The van der Waals surface area contributed by atoms with Crippen molar-refractivity contribution in [3.63, 3.8) is 0 Å². The van der Waals surface area contributed by atoms with E-state index in [1.807, 2.05) is 6.92 Å². The van der Waals surface area contributed by atoms with Crippen LogP contribution in [-0.2, 0) is 4.79 Å². The summed E-state index contributed by atoms with van der Waals surface area (Å²) in [6, 6.07) is 3.19. The number of aromatic nitrogens is 1. The van der Waals surface area contributed by atoms with Gasteiger partial charge in [-0.25, -0.2) is 4.39 Å². The topological polar surface area (TPSA) is 53.4 Å². The Kier molecular flexibility index (Phi) is 4.61. The van der Waals surface area contributed by atoms with Gasteiger partial charge in [-0.2, -0.15) is 0 Å². The van der Waals surface area contributed by atoms with Crippen LogP contribution in [0.4, 0.5) is 4.39 Å². The first-order valence-electron chi connectivity index (χ1n) is 7.41. The Morgan fingerprint density at radius 3 is 2.81 bits per heavy atom. The van der Waals surface area contributed by atoms with Crippen LogP contribution >= 0.6 is 0 Å². The van der Waals surface area contributed by atoms with Crippen molar-refractivity contribution in [2.45, 2.75) is 39.7 Å². The molecule has 2 atom stereocenters. The number of carboxylic acids is 1. The van der Waals surface area contributed by atoms with Crippen LogP contribution in [0.5, 0.6) is 0 Å². The highest BCUT2D eigenvalue weighted by molar-refractivity contribution is 5.74. The van der Waals surface area contributed by atoms with Crippen molar-refractivity contribution in [2.24, 2.45) is 11.3 Å². The van der Waals surface area contributed by atoms with Gasteiger partial charge in [-0.15, -0.1) is 0 Å². The molecule has 2 unspecified atom stereocenters. The van der Waals surface area contributed by atoms with Crippen molar-refractivity contribution in [2.75, 3.05) is 13.1 Å². The number of hydrogen-bond acceptors (Lipinski definition) is 3. The molecule has 2 rings (SSSR count). The van der Waals surface area contributed by atoms with Crippen molar-refractivity contribution >= 4 is 5.97 Å². The van der Waals surface area contributed by atoms with Gasteiger partial charge in [0.1, 0.15) is 5.82 Å². The van der Waals surface area contributed by atoms with Crippen LogP contribution in [0.15, 0.2) is 18.3 Å². The predicted octanol–water partition coefficient (Wildman–Crippen LogP) is 3.10. The standard InChI is InChI=1S/C16H23FN2O2/c1-11(14-7-6-13(17)9-18-14)19-8-4-5-12(10-19)16(2,3)15(20)21/h6-7,9,11-12H,4-5,8,10H2,1-3H3,(H,20,21). The smallest absolute Gasteiger partial charge is 0.309 e. The number of piperidine rings is 1. The Balaban J connectivity index is 2.10. The molecule has 1 fully saturated rings. The van der Waals surface area contributed by atoms with Gasteiger partial charge in [0.25, 0.3) is 0 Å². The van der Waals surface area contributed by atoms with Crippen molar-refractivity contribution in [3.8, 4) is 0 Å². The summed E-state index contributed by atoms with van der Waals surface area (Å²) in [5.41, 5.74) is 0.0967. The molecule has 1 aromatic rings. The summed E-state index contributed by atoms with van der Waals surface area (Å²) < 4.78 is 13.0. The summed E-state index contributed by atoms with van der Waals surface area (Å²) in [7, 11) is 0. The van der Waals surface area contributed by atoms with Crippen LogP contribution in [0.3, 0.4) is 0 Å². The average molecular weight is 294 g/mol. The van der Waals surface area contributed by atoms with Crippen LogP contribution < -0.4 is 0 Å². The molecule has 0 spiro atoms. The average Bonchev–Trinajstić information content (AvgIpc) is 2.47. The summed E-state index contributed by atoms with van der Waals surface area (Å²) in [5, 5.41) is 9.39. The molecule has 0 aromatic carbocycles. The number of pyridine rings is 1. The fourth-order valence-electron chi connectivity index (χ4n) is 2.94. The quantitative estimate of drug-likeness (QED) is 0.927. The van der Waals surface area contributed by atoms with Crippen molar-refractivity contribution in [3.05, 3.63) is 29.8 Å². The van der Waals surface area contributed by atoms with Gasteiger partial charge in [-0.05, 0) is 58.2 Å². The molecule has 116 valence electrons. The maximum atomic E-state index is 13.0. The lowest BCUT2D eigenvalue weighted by Crippen LogP contribution is -2.45. The summed E-state index contributed by atoms with van der Waals surface area (Å²) >= 11 is 0. The third-order valence-electron chi connectivity index (χ3n) is 4.75. The molecule has 21 heavy (non-hydrogen) atoms. The number of nitrogens with zero attached hydrogens (tertiary/aromatic N) is 2. The van der Waals surface area contributed by atoms with Gasteiger partial charge in [0.2, 0.25) is 0 Å². The first-order chi connectivity index (χ1) is 9.82. The van der Waals surface area contributed by atoms with Crippen LogP contribution in [0.1, 0.15) is 45.3 Å². The fraction of sp³-hybridized carbons (Fsp3) is 0.625. The van der Waals surface area contributed by atoms with Gasteiger partial charge < -0.3 is 5.11 Å². The van der Waals surface area contributed by atoms with Crippen molar-refractivity contribution in [1.82, 2.24) is 9.88 Å². The molecule has 1 aromatic heterocycles. The van der Waals surface area contributed by atoms with Crippen LogP contribution in [0.2, 0.25) is 0 Å². The predicted molar refractivity (Wildman–Crippen MR) is 78.3 cm³/mol. The van der Waals surface area contributed by atoms with Gasteiger partial charge in [0.05, 0.1) is 17.3 Å². The molecule has 4 nitrogen and oxygen atoms in total. The third kappa shape index (κ3) is 3.40. The summed E-state index contributed by atoms with van der Waals surface area (Å²) in [4.78, 5) is 17.8. The van der Waals surface area contributed by atoms with Gasteiger partial charge in [-0.1, -0.05) is 0 Å². The van der Waals surface area contributed by atoms with E-state index in [9.17, 15) is 14.3 Å². The molecule has 1 saturated heterocycles. The minimum absolute atomic E-state index is 0.0676. The lowest BCUT2D eigenvalue weighted by Gasteiger charge is -2.41. The van der Waals surface area contributed by atoms with E-state index in [-0.39, 0.29) is 17.8 Å². The zero-order valence-electron chi connectivity index (χ0n) is 12.8. The molecular weight excluding hydrogens is 271 g/mol. The molecule has 0 bridgehead atoms. The van der Waals surface area contributed by atoms with E-state index in [0.717, 1.165) is 31.6 Å². The highest BCUT2D eigenvalue weighted by Gasteiger charge is 2.40. The Labute approximate surface area is 125 Å². The van der Waals surface area contributed by atoms with Crippen molar-refractivity contribution in [1.29, 1.82) is 0 Å². The second-order valence-corrected chi connectivity index (χ2v) is 6.44. The minimum Gasteiger partial charge on any atom is -0.481 e. The Morgan fingerprint density at radius 1 is 1.52 bits per heavy atom. The van der Waals surface area contributed by atoms with Crippen LogP contribution in [-0.4, -0.2) is 34.0 Å².